The average Bonchev–Trinajstić information content (AvgIpc) is 3.35. The summed E-state index contributed by atoms with van der Waals surface area (Å²) in [6.45, 7) is 10.7. The molecule has 59 heavy (non-hydrogen) atoms. The van der Waals surface area contributed by atoms with Crippen LogP contribution in [0.25, 0.3) is 0 Å². The number of carbonyl (C=O) groups excluding carboxylic acids is 2. The van der Waals surface area contributed by atoms with Gasteiger partial charge in [-0.3, -0.25) is 4.90 Å². The zero-order valence-electron chi connectivity index (χ0n) is 32.2. The molecule has 4 aromatic rings. The smallest absolute Gasteiger partial charge is 0.416 e. The van der Waals surface area contributed by atoms with Crippen molar-refractivity contribution in [2.75, 3.05) is 64.4 Å². The Hall–Kier alpha value is -3.80. The van der Waals surface area contributed by atoms with E-state index in [-0.39, 0.29) is 86.5 Å². The normalized spacial score (nSPS) is 14.7. The van der Waals surface area contributed by atoms with Gasteiger partial charge in [-0.1, -0.05) is 47.1 Å². The van der Waals surface area contributed by atoms with Gasteiger partial charge in [0, 0.05) is 60.2 Å². The molecule has 3 heterocycles. The fourth-order valence-electron chi connectivity index (χ4n) is 6.96. The molecule has 0 radical (unpaired) electrons. The maximum absolute atomic E-state index is 13.3. The van der Waals surface area contributed by atoms with Crippen LogP contribution in [0.3, 0.4) is 0 Å². The van der Waals surface area contributed by atoms with Crippen LogP contribution in [0.15, 0.2) is 52.3 Å². The van der Waals surface area contributed by atoms with E-state index in [1.807, 2.05) is 29.2 Å². The van der Waals surface area contributed by atoms with Crippen molar-refractivity contribution in [2.45, 2.75) is 43.2 Å². The first-order valence-corrected chi connectivity index (χ1v) is 19.5. The Morgan fingerprint density at radius 3 is 2.05 bits per heavy atom. The number of para-hydroxylation sites is 1. The Morgan fingerprint density at radius 2 is 1.42 bits per heavy atom. The summed E-state index contributed by atoms with van der Waals surface area (Å²) in [4.78, 5) is 33.4. The predicted molar refractivity (Wildman–Crippen MR) is 225 cm³/mol. The van der Waals surface area contributed by atoms with Crippen LogP contribution in [-0.2, 0) is 10.9 Å². The zero-order valence-corrected chi connectivity index (χ0v) is 36.2. The van der Waals surface area contributed by atoms with Crippen molar-refractivity contribution in [1.29, 1.82) is 0 Å². The summed E-state index contributed by atoms with van der Waals surface area (Å²) in [7, 11) is 1.17. The van der Waals surface area contributed by atoms with Gasteiger partial charge in [0.2, 0.25) is 0 Å². The van der Waals surface area contributed by atoms with Crippen LogP contribution in [0.2, 0.25) is 10.0 Å². The number of aliphatic hydroxyl groups is 1. The second-order valence-electron chi connectivity index (χ2n) is 13.6. The van der Waals surface area contributed by atoms with Crippen LogP contribution >= 0.6 is 59.8 Å². The number of hydrogen-bond acceptors (Lipinski definition) is 12. The van der Waals surface area contributed by atoms with Gasteiger partial charge in [0.1, 0.15) is 21.9 Å². The molecule has 0 amide bonds. The molecule has 19 heteroatoms. The number of nitrogens with zero attached hydrogens (tertiary/aromatic N) is 3. The fourth-order valence-corrected chi connectivity index (χ4v) is 8.50. The van der Waals surface area contributed by atoms with Crippen molar-refractivity contribution < 1.29 is 52.3 Å². The van der Waals surface area contributed by atoms with Crippen LogP contribution in [-0.4, -0.2) is 96.6 Å². The molecule has 1 fully saturated rings. The number of alkyl halides is 3. The Labute approximate surface area is 365 Å². The molecule has 0 aromatic heterocycles. The number of esters is 2. The Kier molecular flexibility index (Phi) is 16.0. The number of piperazine rings is 1. The van der Waals surface area contributed by atoms with Crippen LogP contribution in [0, 0.1) is 20.8 Å². The average molecular weight is 924 g/mol. The number of hydrogen-bond donors (Lipinski definition) is 3. The van der Waals surface area contributed by atoms with E-state index in [9.17, 15) is 33.0 Å². The van der Waals surface area contributed by atoms with Crippen molar-refractivity contribution in [3.63, 3.8) is 0 Å². The number of carbonyl (C=O) groups is 2. The molecule has 3 N–H and O–H groups in total. The van der Waals surface area contributed by atoms with Crippen molar-refractivity contribution in [3.05, 3.63) is 85.9 Å². The number of fused-ring (bicyclic) bond motifs is 4. The molecule has 4 aromatic carbocycles. The van der Waals surface area contributed by atoms with E-state index in [1.165, 1.54) is 51.8 Å². The summed E-state index contributed by atoms with van der Waals surface area (Å²) >= 11 is 13.7. The number of ether oxygens (including phenoxy) is 3. The number of phenols is 2. The molecule has 7 rings (SSSR count). The van der Waals surface area contributed by atoms with Crippen molar-refractivity contribution in [2.24, 2.45) is 0 Å². The second kappa shape index (κ2) is 19.7. The number of rotatable bonds is 7. The highest BCUT2D eigenvalue weighted by Gasteiger charge is 2.36. The topological polar surface area (TPSA) is 132 Å². The molecule has 0 atom stereocenters. The van der Waals surface area contributed by atoms with Crippen molar-refractivity contribution >= 4 is 83.1 Å². The summed E-state index contributed by atoms with van der Waals surface area (Å²) in [6, 6.07) is 11.9. The minimum atomic E-state index is -4.35. The first-order chi connectivity index (χ1) is 27.1. The van der Waals surface area contributed by atoms with Gasteiger partial charge >= 0.3 is 18.1 Å². The maximum atomic E-state index is 13.3. The molecule has 1 saturated heterocycles. The third-order valence-corrected chi connectivity index (χ3v) is 12.0. The van der Waals surface area contributed by atoms with Crippen LogP contribution < -0.4 is 14.4 Å². The molecular weight excluding hydrogens is 881 g/mol. The highest BCUT2D eigenvalue weighted by atomic mass is 35.5. The number of methoxy groups -OCH3 is 1. The lowest BCUT2D eigenvalue weighted by atomic mass is 10.0. The zero-order chi connectivity index (χ0) is 41.3. The lowest BCUT2D eigenvalue weighted by Crippen LogP contribution is -2.47. The molecule has 11 nitrogen and oxygen atoms in total. The van der Waals surface area contributed by atoms with Crippen LogP contribution in [0.5, 0.6) is 28.7 Å². The number of anilines is 2. The molecular formula is C40H42Cl4F3N3O8S. The van der Waals surface area contributed by atoms with Gasteiger partial charge in [0.25, 0.3) is 0 Å². The van der Waals surface area contributed by atoms with E-state index in [2.05, 4.69) is 9.80 Å². The number of aromatic hydroxyl groups is 2. The standard InChI is InChI=1S/C22H26F3N3OS.C18H14Cl2O7.2ClH/c23-22(24,25)17-6-7-21-19(16-17)28(18-4-1-2-5-20(18)30-21)9-3-8-26-10-12-27(13-11-26)14-15-29;1-5-9-16(11(20)13(22)10(5)19)26-14-6(2)8(17(23)25-4)12(21)7(3)15(14)27-18(9)24;;/h1-2,4-7,16,29H,3,8-15H2;21-22H,1-4H3;2*1H. The predicted octanol–water partition coefficient (Wildman–Crippen LogP) is 9.59. The highest BCUT2D eigenvalue weighted by molar-refractivity contribution is 7.99. The lowest BCUT2D eigenvalue weighted by molar-refractivity contribution is -0.137. The third kappa shape index (κ3) is 9.73. The van der Waals surface area contributed by atoms with E-state index in [0.29, 0.717) is 18.8 Å². The Bertz CT molecular complexity index is 2230. The molecule has 0 saturated carbocycles. The Morgan fingerprint density at radius 1 is 0.814 bits per heavy atom. The third-order valence-electron chi connectivity index (χ3n) is 10.1. The van der Waals surface area contributed by atoms with Gasteiger partial charge in [-0.05, 0) is 69.6 Å². The van der Waals surface area contributed by atoms with Crippen molar-refractivity contribution in [1.82, 2.24) is 9.80 Å². The van der Waals surface area contributed by atoms with E-state index < -0.39 is 35.2 Å². The second-order valence-corrected chi connectivity index (χ2v) is 15.4. The minimum absolute atomic E-state index is 0. The SMILES string of the molecule is COC(=O)c1c(C)c2c(c(C)c1O)OC(=O)c1c(C)c(Cl)c(O)c(Cl)c1O2.Cl.Cl.OCCN1CCN(CCCN2c3ccccc3Sc3ccc(C(F)(F)F)cc32)CC1. The summed E-state index contributed by atoms with van der Waals surface area (Å²) in [5, 5.41) is 29.2. The first-order valence-electron chi connectivity index (χ1n) is 17.9. The molecule has 0 spiro atoms. The first kappa shape index (κ1) is 47.9. The quantitative estimate of drug-likeness (QED) is 0.121. The molecule has 3 aliphatic rings. The summed E-state index contributed by atoms with van der Waals surface area (Å²) < 4.78 is 55.8. The number of aliphatic hydroxyl groups excluding tert-OH is 1. The molecule has 320 valence electrons. The number of phenolic OH excluding ortho intramolecular Hbond substituents is 2. The van der Waals surface area contributed by atoms with Gasteiger partial charge in [0.05, 0.1) is 35.7 Å². The fraction of sp³-hybridized carbons (Fsp3) is 0.350. The summed E-state index contributed by atoms with van der Waals surface area (Å²) in [5.41, 5.74) is 1.27. The van der Waals surface area contributed by atoms with Gasteiger partial charge in [0.15, 0.2) is 23.0 Å². The highest BCUT2D eigenvalue weighted by Crippen LogP contribution is 2.53. The van der Waals surface area contributed by atoms with E-state index in [4.69, 9.17) is 42.5 Å². The molecule has 0 aliphatic carbocycles. The number of halogens is 7. The number of β-amino-alcohol motifs (C(OH)–C–C–N with tert-alkyl or cyclic N) is 1. The Balaban J connectivity index is 0.000000253. The van der Waals surface area contributed by atoms with Gasteiger partial charge in [-0.25, -0.2) is 9.59 Å². The van der Waals surface area contributed by atoms with Crippen LogP contribution in [0.1, 0.15) is 49.4 Å². The molecule has 3 aliphatic heterocycles. The van der Waals surface area contributed by atoms with Crippen molar-refractivity contribution in [3.8, 4) is 28.7 Å². The lowest BCUT2D eigenvalue weighted by Gasteiger charge is -2.36. The molecule has 0 bridgehead atoms. The van der Waals surface area contributed by atoms with E-state index in [1.54, 1.807) is 6.07 Å². The monoisotopic (exact) mass is 921 g/mol. The minimum Gasteiger partial charge on any atom is -0.507 e. The number of benzene rings is 4. The van der Waals surface area contributed by atoms with Gasteiger partial charge in [-0.2, -0.15) is 13.2 Å². The summed E-state index contributed by atoms with van der Waals surface area (Å²) in [6.07, 6.45) is -3.48. The van der Waals surface area contributed by atoms with Crippen LogP contribution in [0.4, 0.5) is 24.5 Å². The largest absolute Gasteiger partial charge is 0.507 e. The molecule has 0 unspecified atom stereocenters. The maximum Gasteiger partial charge on any atom is 0.416 e. The van der Waals surface area contributed by atoms with Gasteiger partial charge < -0.3 is 39.3 Å². The van der Waals surface area contributed by atoms with E-state index >= 15 is 0 Å². The van der Waals surface area contributed by atoms with Gasteiger partial charge in [-0.15, -0.1) is 24.8 Å². The summed E-state index contributed by atoms with van der Waals surface area (Å²) in [5.74, 6) is -2.74. The van der Waals surface area contributed by atoms with E-state index in [0.717, 1.165) is 54.6 Å².